The number of amides is 1. The fraction of sp³-hybridized carbons (Fsp3) is 0.222. The van der Waals surface area contributed by atoms with E-state index in [0.29, 0.717) is 22.3 Å². The van der Waals surface area contributed by atoms with Gasteiger partial charge in [-0.1, -0.05) is 29.5 Å². The van der Waals surface area contributed by atoms with Gasteiger partial charge in [-0.2, -0.15) is 4.68 Å². The van der Waals surface area contributed by atoms with Crippen molar-refractivity contribution in [2.45, 2.75) is 19.0 Å². The van der Waals surface area contributed by atoms with Crippen molar-refractivity contribution in [1.29, 1.82) is 0 Å². The van der Waals surface area contributed by atoms with E-state index in [1.165, 1.54) is 17.3 Å². The van der Waals surface area contributed by atoms with Gasteiger partial charge in [0.2, 0.25) is 17.9 Å². The summed E-state index contributed by atoms with van der Waals surface area (Å²) in [5, 5.41) is 15.2. The Morgan fingerprint density at radius 2 is 2.04 bits per heavy atom. The monoisotopic (exact) mass is 383 g/mol. The summed E-state index contributed by atoms with van der Waals surface area (Å²) in [5.41, 5.74) is 3.78. The molecule has 0 aliphatic carbocycles. The average molecular weight is 383 g/mol. The Morgan fingerprint density at radius 1 is 1.19 bits per heavy atom. The van der Waals surface area contributed by atoms with Crippen molar-refractivity contribution in [3.63, 3.8) is 0 Å². The SMILES string of the molecule is Cc1ccc(-n2nnnc2SCC(=O)Nc2ccc3c(c2)OCO3)c(C)c1. The zero-order valence-corrected chi connectivity index (χ0v) is 15.6. The van der Waals surface area contributed by atoms with Crippen LogP contribution in [0.2, 0.25) is 0 Å². The number of fused-ring (bicyclic) bond motifs is 1. The molecule has 1 aliphatic rings. The molecule has 138 valence electrons. The first-order valence-corrected chi connectivity index (χ1v) is 9.27. The number of carbonyl (C=O) groups excluding carboxylic acids is 1. The maximum absolute atomic E-state index is 12.3. The molecule has 0 bridgehead atoms. The summed E-state index contributed by atoms with van der Waals surface area (Å²) in [5.74, 6) is 1.32. The van der Waals surface area contributed by atoms with E-state index in [-0.39, 0.29) is 18.5 Å². The van der Waals surface area contributed by atoms with Crippen LogP contribution >= 0.6 is 11.8 Å². The number of aromatic nitrogens is 4. The summed E-state index contributed by atoms with van der Waals surface area (Å²) in [6.45, 7) is 4.24. The van der Waals surface area contributed by atoms with Gasteiger partial charge in [0.15, 0.2) is 11.5 Å². The maximum atomic E-state index is 12.3. The molecule has 3 aromatic rings. The summed E-state index contributed by atoms with van der Waals surface area (Å²) in [6.07, 6.45) is 0. The number of hydrogen-bond acceptors (Lipinski definition) is 7. The van der Waals surface area contributed by atoms with E-state index < -0.39 is 0 Å². The predicted octanol–water partition coefficient (Wildman–Crippen LogP) is 2.74. The van der Waals surface area contributed by atoms with Crippen LogP contribution in [0.5, 0.6) is 11.5 Å². The van der Waals surface area contributed by atoms with Gasteiger partial charge in [0.25, 0.3) is 0 Å². The molecule has 0 unspecified atom stereocenters. The van der Waals surface area contributed by atoms with Crippen molar-refractivity contribution in [2.75, 3.05) is 17.9 Å². The molecule has 1 aliphatic heterocycles. The van der Waals surface area contributed by atoms with Crippen LogP contribution in [-0.2, 0) is 4.79 Å². The number of anilines is 1. The highest BCUT2D eigenvalue weighted by molar-refractivity contribution is 7.99. The van der Waals surface area contributed by atoms with Gasteiger partial charge in [0.1, 0.15) is 0 Å². The number of nitrogens with zero attached hydrogens (tertiary/aromatic N) is 4. The normalized spacial score (nSPS) is 12.2. The summed E-state index contributed by atoms with van der Waals surface area (Å²) in [7, 11) is 0. The Bertz CT molecular complexity index is 1000. The van der Waals surface area contributed by atoms with Crippen molar-refractivity contribution >= 4 is 23.4 Å². The second-order valence-corrected chi connectivity index (χ2v) is 7.01. The lowest BCUT2D eigenvalue weighted by Gasteiger charge is -2.09. The minimum atomic E-state index is -0.158. The van der Waals surface area contributed by atoms with Crippen LogP contribution in [-0.4, -0.2) is 38.7 Å². The molecule has 1 aromatic heterocycles. The first-order valence-electron chi connectivity index (χ1n) is 8.28. The highest BCUT2D eigenvalue weighted by atomic mass is 32.2. The molecule has 2 heterocycles. The Hall–Kier alpha value is -3.07. The second-order valence-electron chi connectivity index (χ2n) is 6.07. The summed E-state index contributed by atoms with van der Waals surface area (Å²) in [4.78, 5) is 12.3. The lowest BCUT2D eigenvalue weighted by atomic mass is 10.1. The molecule has 0 radical (unpaired) electrons. The lowest BCUT2D eigenvalue weighted by Crippen LogP contribution is -2.14. The van der Waals surface area contributed by atoms with Gasteiger partial charge >= 0.3 is 0 Å². The minimum Gasteiger partial charge on any atom is -0.454 e. The molecule has 2 aromatic carbocycles. The van der Waals surface area contributed by atoms with Crippen molar-refractivity contribution in [3.8, 4) is 17.2 Å². The second kappa shape index (κ2) is 7.28. The van der Waals surface area contributed by atoms with Crippen LogP contribution in [0.3, 0.4) is 0 Å². The van der Waals surface area contributed by atoms with Gasteiger partial charge in [0.05, 0.1) is 11.4 Å². The number of hydrogen-bond donors (Lipinski definition) is 1. The number of ether oxygens (including phenoxy) is 2. The van der Waals surface area contributed by atoms with Crippen molar-refractivity contribution in [3.05, 3.63) is 47.5 Å². The number of nitrogens with one attached hydrogen (secondary N) is 1. The first kappa shape index (κ1) is 17.3. The highest BCUT2D eigenvalue weighted by Crippen LogP contribution is 2.34. The molecule has 0 saturated heterocycles. The molecule has 0 atom stereocenters. The number of rotatable bonds is 5. The Morgan fingerprint density at radius 3 is 2.89 bits per heavy atom. The van der Waals surface area contributed by atoms with Crippen LogP contribution < -0.4 is 14.8 Å². The number of carbonyl (C=O) groups is 1. The fourth-order valence-corrected chi connectivity index (χ4v) is 3.45. The molecule has 9 heteroatoms. The molecule has 1 N–H and O–H groups in total. The predicted molar refractivity (Wildman–Crippen MR) is 101 cm³/mol. The molecule has 1 amide bonds. The maximum Gasteiger partial charge on any atom is 0.234 e. The fourth-order valence-electron chi connectivity index (χ4n) is 2.76. The number of thioether (sulfide) groups is 1. The third kappa shape index (κ3) is 3.72. The molecular formula is C18H17N5O3S. The summed E-state index contributed by atoms with van der Waals surface area (Å²) >= 11 is 1.27. The smallest absolute Gasteiger partial charge is 0.234 e. The molecule has 0 saturated carbocycles. The topological polar surface area (TPSA) is 91.2 Å². The zero-order chi connectivity index (χ0) is 18.8. The van der Waals surface area contributed by atoms with Crippen molar-refractivity contribution < 1.29 is 14.3 Å². The van der Waals surface area contributed by atoms with Crippen LogP contribution in [0.15, 0.2) is 41.6 Å². The van der Waals surface area contributed by atoms with E-state index in [4.69, 9.17) is 9.47 Å². The highest BCUT2D eigenvalue weighted by Gasteiger charge is 2.16. The Kier molecular flexibility index (Phi) is 4.68. The molecule has 0 spiro atoms. The molecule has 8 nitrogen and oxygen atoms in total. The van der Waals surface area contributed by atoms with Crippen molar-refractivity contribution in [1.82, 2.24) is 20.2 Å². The molecular weight excluding hydrogens is 366 g/mol. The third-order valence-electron chi connectivity index (χ3n) is 4.01. The molecule has 27 heavy (non-hydrogen) atoms. The van der Waals surface area contributed by atoms with E-state index in [9.17, 15) is 4.79 Å². The number of benzene rings is 2. The van der Waals surface area contributed by atoms with E-state index in [2.05, 4.69) is 26.9 Å². The largest absolute Gasteiger partial charge is 0.454 e. The minimum absolute atomic E-state index is 0.158. The van der Waals surface area contributed by atoms with Crippen LogP contribution in [0.1, 0.15) is 11.1 Å². The Labute approximate surface area is 159 Å². The van der Waals surface area contributed by atoms with Gasteiger partial charge in [-0.3, -0.25) is 4.79 Å². The van der Waals surface area contributed by atoms with E-state index in [0.717, 1.165) is 11.3 Å². The standard InChI is InChI=1S/C18H17N5O3S/c1-11-3-5-14(12(2)7-11)23-18(20-21-22-23)27-9-17(24)19-13-4-6-15-16(8-13)26-10-25-15/h3-8H,9-10H2,1-2H3,(H,19,24). The van der Waals surface area contributed by atoms with Gasteiger partial charge in [-0.25, -0.2) is 0 Å². The number of tetrazole rings is 1. The van der Waals surface area contributed by atoms with Gasteiger partial charge in [-0.05, 0) is 48.0 Å². The lowest BCUT2D eigenvalue weighted by molar-refractivity contribution is -0.113. The van der Waals surface area contributed by atoms with Gasteiger partial charge in [-0.15, -0.1) is 5.10 Å². The van der Waals surface area contributed by atoms with Crippen LogP contribution in [0.25, 0.3) is 5.69 Å². The number of aryl methyl sites for hydroxylation is 2. The molecule has 4 rings (SSSR count). The first-order chi connectivity index (χ1) is 13.1. The average Bonchev–Trinajstić information content (AvgIpc) is 3.28. The van der Waals surface area contributed by atoms with E-state index in [1.807, 2.05) is 26.0 Å². The third-order valence-corrected chi connectivity index (χ3v) is 4.93. The zero-order valence-electron chi connectivity index (χ0n) is 14.8. The quantitative estimate of drug-likeness (QED) is 0.677. The van der Waals surface area contributed by atoms with Gasteiger partial charge in [0, 0.05) is 11.8 Å². The van der Waals surface area contributed by atoms with E-state index >= 15 is 0 Å². The van der Waals surface area contributed by atoms with Gasteiger partial charge < -0.3 is 14.8 Å². The summed E-state index contributed by atoms with van der Waals surface area (Å²) in [6, 6.07) is 11.3. The summed E-state index contributed by atoms with van der Waals surface area (Å²) < 4.78 is 12.2. The Balaban J connectivity index is 1.42. The van der Waals surface area contributed by atoms with Crippen LogP contribution in [0.4, 0.5) is 5.69 Å². The van der Waals surface area contributed by atoms with Crippen LogP contribution in [0, 0.1) is 13.8 Å². The van der Waals surface area contributed by atoms with E-state index in [1.54, 1.807) is 22.9 Å². The van der Waals surface area contributed by atoms with Crippen molar-refractivity contribution in [2.24, 2.45) is 0 Å². The molecule has 0 fully saturated rings.